The van der Waals surface area contributed by atoms with E-state index in [4.69, 9.17) is 0 Å². The fraction of sp³-hybridized carbons (Fsp3) is 0.529. The molecule has 0 aromatic heterocycles. The van der Waals surface area contributed by atoms with Gasteiger partial charge in [-0.1, -0.05) is 6.07 Å². The first kappa shape index (κ1) is 18.7. The Hall–Kier alpha value is -2.07. The van der Waals surface area contributed by atoms with Crippen LogP contribution in [0.5, 0.6) is 0 Å². The van der Waals surface area contributed by atoms with Gasteiger partial charge in [0.25, 0.3) is 0 Å². The molecule has 2 aliphatic rings. The van der Waals surface area contributed by atoms with Gasteiger partial charge in [0, 0.05) is 13.1 Å². The minimum atomic E-state index is -0.827. The van der Waals surface area contributed by atoms with E-state index in [0.29, 0.717) is 6.42 Å². The quantitative estimate of drug-likeness (QED) is 0.664. The standard InChI is InChI=1S/C17H24FN5O3/c1-22-8-9-23(10-22)14-7-6-13(20-21-14)16(24)19-12-5-3-4-11(18)15(12)17(25)26-2/h3-5,13-14,20-21H,6-10H2,1-2H3,(H,19,24). The van der Waals surface area contributed by atoms with Crippen molar-refractivity contribution < 1.29 is 18.7 Å². The van der Waals surface area contributed by atoms with E-state index in [2.05, 4.69) is 37.8 Å². The summed E-state index contributed by atoms with van der Waals surface area (Å²) in [6.45, 7) is 2.90. The second-order valence-corrected chi connectivity index (χ2v) is 6.61. The van der Waals surface area contributed by atoms with Crippen molar-refractivity contribution in [2.24, 2.45) is 0 Å². The number of nitrogens with one attached hydrogen (secondary N) is 3. The van der Waals surface area contributed by atoms with E-state index in [1.165, 1.54) is 19.2 Å². The van der Waals surface area contributed by atoms with Gasteiger partial charge in [0.2, 0.25) is 5.91 Å². The van der Waals surface area contributed by atoms with Crippen molar-refractivity contribution in [3.8, 4) is 0 Å². The van der Waals surface area contributed by atoms with Gasteiger partial charge in [-0.25, -0.2) is 20.0 Å². The summed E-state index contributed by atoms with van der Waals surface area (Å²) in [7, 11) is 3.24. The number of carbonyl (C=O) groups excluding carboxylic acids is 2. The predicted molar refractivity (Wildman–Crippen MR) is 93.7 cm³/mol. The highest BCUT2D eigenvalue weighted by Crippen LogP contribution is 2.21. The zero-order valence-corrected chi connectivity index (χ0v) is 14.9. The van der Waals surface area contributed by atoms with Crippen molar-refractivity contribution in [3.63, 3.8) is 0 Å². The Morgan fingerprint density at radius 2 is 2.08 bits per heavy atom. The molecular formula is C17H24FN5O3. The van der Waals surface area contributed by atoms with Gasteiger partial charge in [-0.3, -0.25) is 14.6 Å². The van der Waals surface area contributed by atoms with Crippen molar-refractivity contribution in [1.29, 1.82) is 0 Å². The number of likely N-dealkylation sites (N-methyl/N-ethyl adjacent to an activating group) is 1. The van der Waals surface area contributed by atoms with Gasteiger partial charge < -0.3 is 10.1 Å². The number of benzene rings is 1. The average Bonchev–Trinajstić information content (AvgIpc) is 3.08. The molecule has 0 aliphatic carbocycles. The SMILES string of the molecule is COC(=O)c1c(F)cccc1NC(=O)C1CCC(N2CCN(C)C2)NN1. The fourth-order valence-corrected chi connectivity index (χ4v) is 3.30. The highest BCUT2D eigenvalue weighted by Gasteiger charge is 2.31. The van der Waals surface area contributed by atoms with Gasteiger partial charge >= 0.3 is 5.97 Å². The molecule has 2 unspecified atom stereocenters. The van der Waals surface area contributed by atoms with E-state index < -0.39 is 17.8 Å². The molecule has 2 atom stereocenters. The zero-order valence-electron chi connectivity index (χ0n) is 14.9. The number of rotatable bonds is 4. The third-order valence-corrected chi connectivity index (χ3v) is 4.76. The number of anilines is 1. The van der Waals surface area contributed by atoms with E-state index in [1.807, 2.05) is 0 Å². The number of methoxy groups -OCH3 is 1. The Kier molecular flexibility index (Phi) is 5.82. The Morgan fingerprint density at radius 1 is 1.27 bits per heavy atom. The number of carbonyl (C=O) groups is 2. The van der Waals surface area contributed by atoms with Gasteiger partial charge in [0.15, 0.2) is 0 Å². The van der Waals surface area contributed by atoms with E-state index in [0.717, 1.165) is 32.2 Å². The Bertz CT molecular complexity index is 678. The number of halogens is 1. The molecule has 3 N–H and O–H groups in total. The zero-order chi connectivity index (χ0) is 18.7. The first-order chi connectivity index (χ1) is 12.5. The summed E-state index contributed by atoms with van der Waals surface area (Å²) in [5, 5.41) is 2.62. The smallest absolute Gasteiger partial charge is 0.342 e. The molecule has 0 spiro atoms. The minimum absolute atomic E-state index is 0.104. The predicted octanol–water partition coefficient (Wildman–Crippen LogP) is 0.338. The van der Waals surface area contributed by atoms with Crippen LogP contribution in [0.2, 0.25) is 0 Å². The minimum Gasteiger partial charge on any atom is -0.465 e. The van der Waals surface area contributed by atoms with E-state index in [9.17, 15) is 14.0 Å². The number of nitrogens with zero attached hydrogens (tertiary/aromatic N) is 2. The molecule has 0 radical (unpaired) electrons. The lowest BCUT2D eigenvalue weighted by molar-refractivity contribution is -0.119. The first-order valence-electron chi connectivity index (χ1n) is 8.61. The Morgan fingerprint density at radius 3 is 2.69 bits per heavy atom. The summed E-state index contributed by atoms with van der Waals surface area (Å²) < 4.78 is 18.5. The van der Waals surface area contributed by atoms with Crippen molar-refractivity contribution >= 4 is 17.6 Å². The molecule has 1 amide bonds. The summed E-state index contributed by atoms with van der Waals surface area (Å²) in [5.74, 6) is -1.89. The van der Waals surface area contributed by atoms with E-state index >= 15 is 0 Å². The van der Waals surface area contributed by atoms with Crippen LogP contribution in [0.25, 0.3) is 0 Å². The number of ether oxygens (including phenoxy) is 1. The number of hydrogen-bond acceptors (Lipinski definition) is 7. The molecule has 0 saturated carbocycles. The van der Waals surface area contributed by atoms with Gasteiger partial charge in [-0.2, -0.15) is 0 Å². The molecule has 0 bridgehead atoms. The molecule has 2 aliphatic heterocycles. The lowest BCUT2D eigenvalue weighted by Gasteiger charge is -2.35. The lowest BCUT2D eigenvalue weighted by Crippen LogP contribution is -2.60. The number of hydrazine groups is 1. The van der Waals surface area contributed by atoms with Gasteiger partial charge in [-0.15, -0.1) is 0 Å². The number of amides is 1. The molecule has 26 heavy (non-hydrogen) atoms. The summed E-state index contributed by atoms with van der Waals surface area (Å²) in [4.78, 5) is 28.8. The van der Waals surface area contributed by atoms with Crippen LogP contribution in [0.1, 0.15) is 23.2 Å². The molecule has 1 aromatic carbocycles. The van der Waals surface area contributed by atoms with Gasteiger partial charge in [0.05, 0.1) is 25.6 Å². The van der Waals surface area contributed by atoms with Gasteiger partial charge in [-0.05, 0) is 32.0 Å². The number of hydrogen-bond donors (Lipinski definition) is 3. The molecule has 1 aromatic rings. The third kappa shape index (κ3) is 4.01. The molecule has 2 fully saturated rings. The Balaban J connectivity index is 1.60. The summed E-state index contributed by atoms with van der Waals surface area (Å²) in [6.07, 6.45) is 1.61. The van der Waals surface area contributed by atoms with E-state index in [1.54, 1.807) is 0 Å². The molecule has 3 rings (SSSR count). The van der Waals surface area contributed by atoms with Crippen LogP contribution in [-0.2, 0) is 9.53 Å². The molecular weight excluding hydrogens is 341 g/mol. The second-order valence-electron chi connectivity index (χ2n) is 6.61. The monoisotopic (exact) mass is 365 g/mol. The number of esters is 1. The van der Waals surface area contributed by atoms with Crippen LogP contribution in [0, 0.1) is 5.82 Å². The first-order valence-corrected chi connectivity index (χ1v) is 8.61. The third-order valence-electron chi connectivity index (χ3n) is 4.76. The largest absolute Gasteiger partial charge is 0.465 e. The maximum Gasteiger partial charge on any atom is 0.342 e. The molecule has 9 heteroatoms. The highest BCUT2D eigenvalue weighted by molar-refractivity contribution is 6.02. The summed E-state index contributed by atoms with van der Waals surface area (Å²) in [5.41, 5.74) is 6.04. The van der Waals surface area contributed by atoms with Crippen molar-refractivity contribution in [2.75, 3.05) is 39.2 Å². The van der Waals surface area contributed by atoms with Crippen molar-refractivity contribution in [2.45, 2.75) is 25.0 Å². The molecule has 8 nitrogen and oxygen atoms in total. The lowest BCUT2D eigenvalue weighted by atomic mass is 10.1. The molecule has 2 heterocycles. The van der Waals surface area contributed by atoms with Crippen molar-refractivity contribution in [1.82, 2.24) is 20.7 Å². The van der Waals surface area contributed by atoms with Crippen LogP contribution >= 0.6 is 0 Å². The topological polar surface area (TPSA) is 85.9 Å². The van der Waals surface area contributed by atoms with E-state index in [-0.39, 0.29) is 23.3 Å². The summed E-state index contributed by atoms with van der Waals surface area (Å²) >= 11 is 0. The van der Waals surface area contributed by atoms with Crippen LogP contribution in [0.4, 0.5) is 10.1 Å². The maximum absolute atomic E-state index is 13.9. The van der Waals surface area contributed by atoms with Crippen molar-refractivity contribution in [3.05, 3.63) is 29.6 Å². The average molecular weight is 365 g/mol. The van der Waals surface area contributed by atoms with Crippen LogP contribution in [0.3, 0.4) is 0 Å². The van der Waals surface area contributed by atoms with Crippen LogP contribution in [0.15, 0.2) is 18.2 Å². The molecule has 2 saturated heterocycles. The van der Waals surface area contributed by atoms with Gasteiger partial charge in [0.1, 0.15) is 17.4 Å². The highest BCUT2D eigenvalue weighted by atomic mass is 19.1. The second kappa shape index (κ2) is 8.09. The fourth-order valence-electron chi connectivity index (χ4n) is 3.30. The molecule has 142 valence electrons. The normalized spacial score (nSPS) is 24.4. The summed E-state index contributed by atoms with van der Waals surface area (Å²) in [6, 6.07) is 3.59. The maximum atomic E-state index is 13.9. The Labute approximate surface area is 151 Å². The van der Waals surface area contributed by atoms with Crippen LogP contribution < -0.4 is 16.2 Å². The van der Waals surface area contributed by atoms with Crippen LogP contribution in [-0.4, -0.2) is 67.8 Å².